The van der Waals surface area contributed by atoms with Gasteiger partial charge in [0.25, 0.3) is 0 Å². The summed E-state index contributed by atoms with van der Waals surface area (Å²) in [5.41, 5.74) is 0.920. The van der Waals surface area contributed by atoms with Crippen LogP contribution in [0.2, 0.25) is 0 Å². The number of rotatable bonds is 5. The van der Waals surface area contributed by atoms with Gasteiger partial charge < -0.3 is 14.6 Å². The molecule has 1 saturated heterocycles. The van der Waals surface area contributed by atoms with Gasteiger partial charge in [0.15, 0.2) is 0 Å². The van der Waals surface area contributed by atoms with Crippen LogP contribution in [0.15, 0.2) is 22.7 Å². The molecule has 0 bridgehead atoms. The molecule has 2 rings (SSSR count). The van der Waals surface area contributed by atoms with Crippen molar-refractivity contribution in [2.24, 2.45) is 0 Å². The fraction of sp³-hybridized carbons (Fsp3) is 0.600. The summed E-state index contributed by atoms with van der Waals surface area (Å²) in [6.45, 7) is 0.870. The van der Waals surface area contributed by atoms with Crippen LogP contribution in [0.4, 0.5) is 0 Å². The average molecular weight is 329 g/mol. The molecule has 0 radical (unpaired) electrons. The lowest BCUT2D eigenvalue weighted by Gasteiger charge is -2.23. The van der Waals surface area contributed by atoms with Gasteiger partial charge in [0.2, 0.25) is 0 Å². The van der Waals surface area contributed by atoms with E-state index in [1.807, 2.05) is 18.2 Å². The van der Waals surface area contributed by atoms with Crippen molar-refractivity contribution in [2.45, 2.75) is 44.3 Å². The third-order valence-electron chi connectivity index (χ3n) is 3.60. The Balaban J connectivity index is 1.88. The molecular weight excluding hydrogens is 308 g/mol. The molecule has 0 aliphatic carbocycles. The number of aliphatic hydroxyl groups excluding tert-OH is 1. The second kappa shape index (κ2) is 7.27. The van der Waals surface area contributed by atoms with Gasteiger partial charge in [-0.05, 0) is 65.7 Å². The molecule has 1 aromatic carbocycles. The summed E-state index contributed by atoms with van der Waals surface area (Å²) in [6, 6.07) is 5.71. The number of aliphatic hydroxyl groups is 1. The normalized spacial score (nSPS) is 21.1. The van der Waals surface area contributed by atoms with Crippen molar-refractivity contribution in [3.63, 3.8) is 0 Å². The minimum absolute atomic E-state index is 0.324. The first kappa shape index (κ1) is 14.8. The van der Waals surface area contributed by atoms with E-state index in [1.54, 1.807) is 7.11 Å². The molecule has 1 aromatic rings. The number of methoxy groups -OCH3 is 1. The number of halogens is 1. The van der Waals surface area contributed by atoms with E-state index in [2.05, 4.69) is 15.9 Å². The maximum Gasteiger partial charge on any atom is 0.133 e. The van der Waals surface area contributed by atoms with Gasteiger partial charge >= 0.3 is 0 Å². The first-order chi connectivity index (χ1) is 9.20. The minimum Gasteiger partial charge on any atom is -0.496 e. The zero-order valence-corrected chi connectivity index (χ0v) is 12.9. The summed E-state index contributed by atoms with van der Waals surface area (Å²) in [4.78, 5) is 0. The molecule has 1 aliphatic rings. The zero-order chi connectivity index (χ0) is 13.7. The summed E-state index contributed by atoms with van der Waals surface area (Å²) in [5.74, 6) is 0.784. The lowest BCUT2D eigenvalue weighted by atomic mass is 9.99. The Morgan fingerprint density at radius 2 is 2.32 bits per heavy atom. The van der Waals surface area contributed by atoms with Gasteiger partial charge in [-0.25, -0.2) is 0 Å². The topological polar surface area (TPSA) is 38.7 Å². The van der Waals surface area contributed by atoms with E-state index in [0.29, 0.717) is 6.10 Å². The highest BCUT2D eigenvalue weighted by atomic mass is 79.9. The molecule has 2 atom stereocenters. The van der Waals surface area contributed by atoms with Crippen molar-refractivity contribution >= 4 is 15.9 Å². The Morgan fingerprint density at radius 3 is 2.95 bits per heavy atom. The summed E-state index contributed by atoms with van der Waals surface area (Å²) in [7, 11) is 1.64. The van der Waals surface area contributed by atoms with Crippen LogP contribution in [-0.4, -0.2) is 24.9 Å². The summed E-state index contributed by atoms with van der Waals surface area (Å²) in [6.07, 6.45) is 5.09. The zero-order valence-electron chi connectivity index (χ0n) is 11.3. The van der Waals surface area contributed by atoms with Gasteiger partial charge in [-0.15, -0.1) is 0 Å². The van der Waals surface area contributed by atoms with Gasteiger partial charge in [0, 0.05) is 6.61 Å². The molecule has 0 saturated carbocycles. The van der Waals surface area contributed by atoms with Crippen LogP contribution in [0.1, 0.15) is 43.8 Å². The quantitative estimate of drug-likeness (QED) is 0.892. The molecule has 4 heteroatoms. The van der Waals surface area contributed by atoms with Gasteiger partial charge in [-0.1, -0.05) is 6.07 Å². The van der Waals surface area contributed by atoms with Crippen LogP contribution < -0.4 is 4.74 Å². The molecule has 0 amide bonds. The van der Waals surface area contributed by atoms with Gasteiger partial charge in [0.05, 0.1) is 23.8 Å². The van der Waals surface area contributed by atoms with Crippen LogP contribution in [-0.2, 0) is 4.74 Å². The van der Waals surface area contributed by atoms with Gasteiger partial charge in [0.1, 0.15) is 5.75 Å². The Hall–Kier alpha value is -0.580. The van der Waals surface area contributed by atoms with E-state index in [1.165, 1.54) is 12.8 Å². The van der Waals surface area contributed by atoms with E-state index in [4.69, 9.17) is 9.47 Å². The lowest BCUT2D eigenvalue weighted by Crippen LogP contribution is -2.19. The Kier molecular flexibility index (Phi) is 5.67. The molecular formula is C15H21BrO3. The number of hydrogen-bond acceptors (Lipinski definition) is 3. The van der Waals surface area contributed by atoms with Crippen LogP contribution in [0, 0.1) is 0 Å². The van der Waals surface area contributed by atoms with Gasteiger partial charge in [-0.2, -0.15) is 0 Å². The van der Waals surface area contributed by atoms with Crippen molar-refractivity contribution in [1.82, 2.24) is 0 Å². The van der Waals surface area contributed by atoms with Crippen LogP contribution in [0.5, 0.6) is 5.75 Å². The largest absolute Gasteiger partial charge is 0.496 e. The maximum atomic E-state index is 10.2. The fourth-order valence-corrected chi connectivity index (χ4v) is 2.99. The molecule has 1 heterocycles. The predicted octanol–water partition coefficient (Wildman–Crippen LogP) is 3.84. The third kappa shape index (κ3) is 4.20. The van der Waals surface area contributed by atoms with Crippen molar-refractivity contribution in [3.8, 4) is 5.75 Å². The monoisotopic (exact) mass is 328 g/mol. The summed E-state index contributed by atoms with van der Waals surface area (Å²) in [5, 5.41) is 10.2. The highest BCUT2D eigenvalue weighted by molar-refractivity contribution is 9.10. The standard InChI is InChI=1S/C15H21BrO3/c1-18-15-8-5-11(10-13(15)16)14(17)7-6-12-4-2-3-9-19-12/h5,8,10,12,14,17H,2-4,6-7,9H2,1H3. The fourth-order valence-electron chi connectivity index (χ4n) is 2.44. The van der Waals surface area contributed by atoms with Crippen molar-refractivity contribution < 1.29 is 14.6 Å². The van der Waals surface area contributed by atoms with Crippen LogP contribution in [0.3, 0.4) is 0 Å². The Bertz CT molecular complexity index is 402. The molecule has 19 heavy (non-hydrogen) atoms. The van der Waals surface area contributed by atoms with Crippen molar-refractivity contribution in [1.29, 1.82) is 0 Å². The molecule has 106 valence electrons. The molecule has 2 unspecified atom stereocenters. The molecule has 1 N–H and O–H groups in total. The molecule has 1 aliphatic heterocycles. The first-order valence-electron chi connectivity index (χ1n) is 6.84. The number of hydrogen-bond donors (Lipinski definition) is 1. The molecule has 0 spiro atoms. The number of benzene rings is 1. The SMILES string of the molecule is COc1ccc(C(O)CCC2CCCCO2)cc1Br. The van der Waals surface area contributed by atoms with E-state index in [9.17, 15) is 5.11 Å². The van der Waals surface area contributed by atoms with E-state index >= 15 is 0 Å². The highest BCUT2D eigenvalue weighted by Crippen LogP contribution is 2.30. The highest BCUT2D eigenvalue weighted by Gasteiger charge is 2.17. The van der Waals surface area contributed by atoms with E-state index in [-0.39, 0.29) is 0 Å². The van der Waals surface area contributed by atoms with E-state index in [0.717, 1.165) is 41.7 Å². The van der Waals surface area contributed by atoms with Crippen LogP contribution >= 0.6 is 15.9 Å². The molecule has 3 nitrogen and oxygen atoms in total. The first-order valence-corrected chi connectivity index (χ1v) is 7.63. The summed E-state index contributed by atoms with van der Waals surface area (Å²) >= 11 is 3.44. The third-order valence-corrected chi connectivity index (χ3v) is 4.22. The van der Waals surface area contributed by atoms with Gasteiger partial charge in [-0.3, -0.25) is 0 Å². The van der Waals surface area contributed by atoms with E-state index < -0.39 is 6.10 Å². The Morgan fingerprint density at radius 1 is 1.47 bits per heavy atom. The Labute approximate surface area is 123 Å². The van der Waals surface area contributed by atoms with Crippen molar-refractivity contribution in [3.05, 3.63) is 28.2 Å². The molecule has 1 fully saturated rings. The number of ether oxygens (including phenoxy) is 2. The summed E-state index contributed by atoms with van der Waals surface area (Å²) < 4.78 is 11.7. The van der Waals surface area contributed by atoms with Crippen LogP contribution in [0.25, 0.3) is 0 Å². The maximum absolute atomic E-state index is 10.2. The van der Waals surface area contributed by atoms with Crippen molar-refractivity contribution in [2.75, 3.05) is 13.7 Å². The average Bonchev–Trinajstić information content (AvgIpc) is 2.45. The predicted molar refractivity (Wildman–Crippen MR) is 78.5 cm³/mol. The molecule has 0 aromatic heterocycles. The second-order valence-electron chi connectivity index (χ2n) is 4.98. The second-order valence-corrected chi connectivity index (χ2v) is 5.83. The smallest absolute Gasteiger partial charge is 0.133 e. The minimum atomic E-state index is -0.437. The lowest BCUT2D eigenvalue weighted by molar-refractivity contribution is 0.00212.